The second-order valence-corrected chi connectivity index (χ2v) is 6.06. The molecule has 0 fully saturated rings. The molecule has 24 heavy (non-hydrogen) atoms. The highest BCUT2D eigenvalue weighted by Gasteiger charge is 2.47. The van der Waals surface area contributed by atoms with Gasteiger partial charge in [-0.05, 0) is 24.0 Å². The minimum atomic E-state index is -1.11. The molecule has 0 spiro atoms. The average molecular weight is 334 g/mol. The molecule has 4 atom stereocenters. The fraction of sp³-hybridized carbons (Fsp3) is 0.500. The van der Waals surface area contributed by atoms with Crippen LogP contribution < -0.4 is 0 Å². The van der Waals surface area contributed by atoms with Crippen molar-refractivity contribution in [3.63, 3.8) is 0 Å². The second kappa shape index (κ2) is 7.47. The van der Waals surface area contributed by atoms with E-state index in [1.807, 2.05) is 6.92 Å². The molecule has 1 aliphatic rings. The molecule has 2 rings (SSSR count). The molecule has 1 aromatic rings. The lowest BCUT2D eigenvalue weighted by Crippen LogP contribution is -2.42. The van der Waals surface area contributed by atoms with E-state index < -0.39 is 35.8 Å². The maximum Gasteiger partial charge on any atom is 0.313 e. The number of ether oxygens (including phenoxy) is 2. The summed E-state index contributed by atoms with van der Waals surface area (Å²) in [5, 5.41) is 9.54. The SMILES string of the molecule is CCC(C)C(=O)OC1c2ccccc2CC(C(=O)O)C1C(=O)OC. The van der Waals surface area contributed by atoms with Crippen LogP contribution in [0.1, 0.15) is 37.5 Å². The molecule has 130 valence electrons. The monoisotopic (exact) mass is 334 g/mol. The van der Waals surface area contributed by atoms with Crippen LogP contribution >= 0.6 is 0 Å². The van der Waals surface area contributed by atoms with Gasteiger partial charge in [0.05, 0.1) is 18.9 Å². The number of carbonyl (C=O) groups is 3. The van der Waals surface area contributed by atoms with Crippen molar-refractivity contribution < 1.29 is 29.0 Å². The predicted octanol–water partition coefficient (Wildman–Crippen LogP) is 2.36. The van der Waals surface area contributed by atoms with Gasteiger partial charge in [0.15, 0.2) is 0 Å². The highest BCUT2D eigenvalue weighted by Crippen LogP contribution is 2.41. The third kappa shape index (κ3) is 3.42. The molecule has 6 heteroatoms. The molecule has 0 heterocycles. The fourth-order valence-electron chi connectivity index (χ4n) is 2.98. The molecule has 0 amide bonds. The predicted molar refractivity (Wildman–Crippen MR) is 85.1 cm³/mol. The molecule has 0 aromatic heterocycles. The van der Waals surface area contributed by atoms with E-state index in [0.717, 1.165) is 5.56 Å². The van der Waals surface area contributed by atoms with Crippen LogP contribution in [0.2, 0.25) is 0 Å². The Morgan fingerprint density at radius 2 is 1.96 bits per heavy atom. The summed E-state index contributed by atoms with van der Waals surface area (Å²) in [6.07, 6.45) is -0.161. The molecule has 1 aliphatic carbocycles. The first kappa shape index (κ1) is 18.0. The quantitative estimate of drug-likeness (QED) is 0.832. The third-order valence-electron chi connectivity index (χ3n) is 4.61. The van der Waals surface area contributed by atoms with Gasteiger partial charge in [-0.2, -0.15) is 0 Å². The average Bonchev–Trinajstić information content (AvgIpc) is 2.59. The summed E-state index contributed by atoms with van der Waals surface area (Å²) >= 11 is 0. The zero-order valence-corrected chi connectivity index (χ0v) is 14.0. The third-order valence-corrected chi connectivity index (χ3v) is 4.61. The van der Waals surface area contributed by atoms with Crippen LogP contribution in [0.25, 0.3) is 0 Å². The molecule has 0 radical (unpaired) electrons. The molecular weight excluding hydrogens is 312 g/mol. The molecule has 1 aromatic carbocycles. The van der Waals surface area contributed by atoms with Gasteiger partial charge in [-0.3, -0.25) is 14.4 Å². The van der Waals surface area contributed by atoms with Crippen molar-refractivity contribution in [1.82, 2.24) is 0 Å². The second-order valence-electron chi connectivity index (χ2n) is 6.06. The number of carboxylic acids is 1. The molecule has 1 N–H and O–H groups in total. The van der Waals surface area contributed by atoms with Gasteiger partial charge in [0.25, 0.3) is 0 Å². The maximum absolute atomic E-state index is 12.3. The smallest absolute Gasteiger partial charge is 0.313 e. The Kier molecular flexibility index (Phi) is 5.59. The lowest BCUT2D eigenvalue weighted by atomic mass is 9.73. The van der Waals surface area contributed by atoms with E-state index in [1.54, 1.807) is 31.2 Å². The van der Waals surface area contributed by atoms with Gasteiger partial charge in [-0.25, -0.2) is 0 Å². The van der Waals surface area contributed by atoms with Crippen molar-refractivity contribution in [3.8, 4) is 0 Å². The van der Waals surface area contributed by atoms with Crippen LogP contribution in [0.5, 0.6) is 0 Å². The van der Waals surface area contributed by atoms with Crippen LogP contribution in [-0.2, 0) is 30.3 Å². The minimum absolute atomic E-state index is 0.197. The van der Waals surface area contributed by atoms with Crippen LogP contribution in [0.3, 0.4) is 0 Å². The van der Waals surface area contributed by atoms with E-state index in [1.165, 1.54) is 7.11 Å². The number of carbonyl (C=O) groups excluding carboxylic acids is 2. The zero-order valence-electron chi connectivity index (χ0n) is 14.0. The Bertz CT molecular complexity index is 638. The largest absolute Gasteiger partial charge is 0.481 e. The summed E-state index contributed by atoms with van der Waals surface area (Å²) in [6.45, 7) is 3.59. The van der Waals surface area contributed by atoms with E-state index in [4.69, 9.17) is 9.47 Å². The summed E-state index contributed by atoms with van der Waals surface area (Å²) in [7, 11) is 1.20. The van der Waals surface area contributed by atoms with Crippen molar-refractivity contribution in [3.05, 3.63) is 35.4 Å². The maximum atomic E-state index is 12.3. The van der Waals surface area contributed by atoms with Crippen LogP contribution in [0.4, 0.5) is 0 Å². The van der Waals surface area contributed by atoms with Gasteiger partial charge in [0.1, 0.15) is 12.0 Å². The fourth-order valence-corrected chi connectivity index (χ4v) is 2.98. The van der Waals surface area contributed by atoms with Gasteiger partial charge in [0, 0.05) is 0 Å². The molecule has 4 unspecified atom stereocenters. The Morgan fingerprint density at radius 3 is 2.54 bits per heavy atom. The number of fused-ring (bicyclic) bond motifs is 1. The minimum Gasteiger partial charge on any atom is -0.481 e. The summed E-state index contributed by atoms with van der Waals surface area (Å²) in [5.41, 5.74) is 1.44. The number of rotatable bonds is 5. The van der Waals surface area contributed by atoms with Crippen molar-refractivity contribution in [2.45, 2.75) is 32.8 Å². The zero-order chi connectivity index (χ0) is 17.9. The first-order chi connectivity index (χ1) is 11.4. The van der Waals surface area contributed by atoms with E-state index in [0.29, 0.717) is 12.0 Å². The number of methoxy groups -OCH3 is 1. The Morgan fingerprint density at radius 1 is 1.29 bits per heavy atom. The summed E-state index contributed by atoms with van der Waals surface area (Å²) in [5.74, 6) is -4.63. The summed E-state index contributed by atoms with van der Waals surface area (Å²) in [4.78, 5) is 36.2. The molecule has 0 bridgehead atoms. The Balaban J connectivity index is 2.48. The van der Waals surface area contributed by atoms with E-state index in [2.05, 4.69) is 0 Å². The van der Waals surface area contributed by atoms with E-state index in [-0.39, 0.29) is 12.3 Å². The highest BCUT2D eigenvalue weighted by atomic mass is 16.6. The number of hydrogen-bond donors (Lipinski definition) is 1. The normalized spacial score (nSPS) is 23.7. The summed E-state index contributed by atoms with van der Waals surface area (Å²) in [6, 6.07) is 7.13. The Labute approximate surface area is 140 Å². The van der Waals surface area contributed by atoms with E-state index >= 15 is 0 Å². The highest BCUT2D eigenvalue weighted by molar-refractivity contribution is 5.83. The number of carboxylic acid groups (broad SMARTS) is 1. The first-order valence-electron chi connectivity index (χ1n) is 7.99. The molecular formula is C18H22O6. The lowest BCUT2D eigenvalue weighted by molar-refractivity contribution is -0.173. The van der Waals surface area contributed by atoms with Gasteiger partial charge in [-0.15, -0.1) is 0 Å². The van der Waals surface area contributed by atoms with Crippen LogP contribution in [-0.4, -0.2) is 30.1 Å². The first-order valence-corrected chi connectivity index (χ1v) is 7.99. The van der Waals surface area contributed by atoms with Crippen molar-refractivity contribution >= 4 is 17.9 Å². The standard InChI is InChI=1S/C18H22O6/c1-4-10(2)17(21)24-15-12-8-6-5-7-11(12)9-13(16(19)20)14(15)18(22)23-3/h5-8,10,13-15H,4,9H2,1-3H3,(H,19,20). The van der Waals surface area contributed by atoms with E-state index in [9.17, 15) is 19.5 Å². The Hall–Kier alpha value is -2.37. The number of hydrogen-bond acceptors (Lipinski definition) is 5. The molecule has 6 nitrogen and oxygen atoms in total. The van der Waals surface area contributed by atoms with Crippen molar-refractivity contribution in [1.29, 1.82) is 0 Å². The van der Waals surface area contributed by atoms with Crippen molar-refractivity contribution in [2.24, 2.45) is 17.8 Å². The topological polar surface area (TPSA) is 89.9 Å². The lowest BCUT2D eigenvalue weighted by Gasteiger charge is -2.35. The molecule has 0 saturated carbocycles. The van der Waals surface area contributed by atoms with Crippen LogP contribution in [0.15, 0.2) is 24.3 Å². The van der Waals surface area contributed by atoms with Gasteiger partial charge in [0.2, 0.25) is 0 Å². The van der Waals surface area contributed by atoms with Gasteiger partial charge < -0.3 is 14.6 Å². The molecule has 0 aliphatic heterocycles. The summed E-state index contributed by atoms with van der Waals surface area (Å²) < 4.78 is 10.4. The number of esters is 2. The van der Waals surface area contributed by atoms with Gasteiger partial charge in [-0.1, -0.05) is 38.1 Å². The molecule has 0 saturated heterocycles. The van der Waals surface area contributed by atoms with Crippen LogP contribution in [0, 0.1) is 17.8 Å². The van der Waals surface area contributed by atoms with Crippen molar-refractivity contribution in [2.75, 3.05) is 7.11 Å². The number of aliphatic carboxylic acids is 1. The number of benzene rings is 1. The van der Waals surface area contributed by atoms with Gasteiger partial charge >= 0.3 is 17.9 Å².